The van der Waals surface area contributed by atoms with Gasteiger partial charge < -0.3 is 25.3 Å². The fraction of sp³-hybridized carbons (Fsp3) is 0.292. The molecular weight excluding hydrogens is 596 g/mol. The average molecular weight is 619 g/mol. The number of β-lactam (4-membered cyclic amide) rings is 1. The molecule has 0 spiro atoms. The summed E-state index contributed by atoms with van der Waals surface area (Å²) in [5.41, 5.74) is -0.0638. The number of anilines is 1. The first-order valence-electron chi connectivity index (χ1n) is 12.1. The fourth-order valence-electron chi connectivity index (χ4n) is 4.00. The molecule has 3 atom stereocenters. The topological polar surface area (TPSA) is 220 Å². The SMILES string of the molecule is CCOC(=O)CON=C(C(=O)NC1C(=O)N2C(C(=O)O)=CC(Cc3ccc([N+](=O)[O-])cc3)S[C@H]12)c1csc(NC=O)n1. The number of esters is 1. The molecule has 16 nitrogen and oxygen atoms in total. The molecule has 1 fully saturated rings. The zero-order valence-electron chi connectivity index (χ0n) is 21.6. The van der Waals surface area contributed by atoms with E-state index in [4.69, 9.17) is 9.57 Å². The van der Waals surface area contributed by atoms with E-state index in [0.29, 0.717) is 18.4 Å². The highest BCUT2D eigenvalue weighted by molar-refractivity contribution is 8.00. The van der Waals surface area contributed by atoms with Crippen molar-refractivity contribution in [2.75, 3.05) is 18.5 Å². The Morgan fingerprint density at radius 3 is 2.67 bits per heavy atom. The summed E-state index contributed by atoms with van der Waals surface area (Å²) in [7, 11) is 0. The average Bonchev–Trinajstić information content (AvgIpc) is 3.42. The number of fused-ring (bicyclic) bond motifs is 1. The Labute approximate surface area is 244 Å². The molecule has 2 aliphatic heterocycles. The predicted molar refractivity (Wildman–Crippen MR) is 147 cm³/mol. The van der Waals surface area contributed by atoms with E-state index in [2.05, 4.69) is 20.8 Å². The van der Waals surface area contributed by atoms with Crippen LogP contribution >= 0.6 is 23.1 Å². The molecule has 2 unspecified atom stereocenters. The molecule has 42 heavy (non-hydrogen) atoms. The number of hydrogen-bond acceptors (Lipinski definition) is 13. The maximum atomic E-state index is 13.3. The van der Waals surface area contributed by atoms with Crippen molar-refractivity contribution < 1.29 is 43.6 Å². The number of nitro benzene ring substituents is 1. The quantitative estimate of drug-likeness (QED) is 0.0711. The second kappa shape index (κ2) is 13.2. The number of oxime groups is 1. The highest BCUT2D eigenvalue weighted by Gasteiger charge is 2.54. The first kappa shape index (κ1) is 30.1. The van der Waals surface area contributed by atoms with Gasteiger partial charge in [0.2, 0.25) is 13.0 Å². The number of nitro groups is 1. The van der Waals surface area contributed by atoms with Gasteiger partial charge in [-0.1, -0.05) is 17.3 Å². The summed E-state index contributed by atoms with van der Waals surface area (Å²) in [4.78, 5) is 81.1. The van der Waals surface area contributed by atoms with E-state index in [1.54, 1.807) is 19.1 Å². The van der Waals surface area contributed by atoms with Gasteiger partial charge in [0.25, 0.3) is 17.5 Å². The van der Waals surface area contributed by atoms with Crippen molar-refractivity contribution in [3.8, 4) is 0 Å². The Balaban J connectivity index is 1.52. The van der Waals surface area contributed by atoms with Gasteiger partial charge in [-0.15, -0.1) is 23.1 Å². The van der Waals surface area contributed by atoms with E-state index in [1.807, 2.05) is 0 Å². The zero-order valence-corrected chi connectivity index (χ0v) is 23.3. The van der Waals surface area contributed by atoms with E-state index >= 15 is 0 Å². The molecule has 0 bridgehead atoms. The van der Waals surface area contributed by atoms with Crippen LogP contribution in [0.15, 0.2) is 46.6 Å². The summed E-state index contributed by atoms with van der Waals surface area (Å²) in [6, 6.07) is 4.65. The van der Waals surface area contributed by atoms with Crippen molar-refractivity contribution in [1.82, 2.24) is 15.2 Å². The lowest BCUT2D eigenvalue weighted by Crippen LogP contribution is -2.71. The molecular formula is C24H22N6O10S2. The summed E-state index contributed by atoms with van der Waals surface area (Å²) < 4.78 is 4.76. The Kier molecular flexibility index (Phi) is 9.48. The molecule has 2 aliphatic rings. The molecule has 18 heteroatoms. The van der Waals surface area contributed by atoms with Crippen LogP contribution in [0.5, 0.6) is 0 Å². The summed E-state index contributed by atoms with van der Waals surface area (Å²) in [5, 5.41) is 29.6. The van der Waals surface area contributed by atoms with Crippen LogP contribution < -0.4 is 10.6 Å². The maximum absolute atomic E-state index is 13.3. The predicted octanol–water partition coefficient (Wildman–Crippen LogP) is 0.883. The number of non-ortho nitro benzene ring substituents is 1. The second-order valence-electron chi connectivity index (χ2n) is 8.53. The van der Waals surface area contributed by atoms with Gasteiger partial charge >= 0.3 is 11.9 Å². The molecule has 1 aromatic carbocycles. The van der Waals surface area contributed by atoms with Crippen LogP contribution in [-0.2, 0) is 40.0 Å². The molecule has 4 rings (SSSR count). The second-order valence-corrected chi connectivity index (χ2v) is 10.7. The number of nitrogens with zero attached hydrogens (tertiary/aromatic N) is 4. The number of ether oxygens (including phenoxy) is 1. The minimum Gasteiger partial charge on any atom is -0.477 e. The number of hydrogen-bond donors (Lipinski definition) is 3. The zero-order chi connectivity index (χ0) is 30.4. The molecule has 0 aliphatic carbocycles. The van der Waals surface area contributed by atoms with Crippen molar-refractivity contribution in [3.63, 3.8) is 0 Å². The minimum atomic E-state index is -1.33. The van der Waals surface area contributed by atoms with Crippen molar-refractivity contribution in [2.24, 2.45) is 5.16 Å². The van der Waals surface area contributed by atoms with E-state index in [9.17, 15) is 39.2 Å². The first-order chi connectivity index (χ1) is 20.1. The van der Waals surface area contributed by atoms with Crippen LogP contribution in [0.2, 0.25) is 0 Å². The lowest BCUT2D eigenvalue weighted by atomic mass is 10.0. The lowest BCUT2D eigenvalue weighted by molar-refractivity contribution is -0.384. The summed E-state index contributed by atoms with van der Waals surface area (Å²) in [5.74, 6) is -3.65. The molecule has 220 valence electrons. The minimum absolute atomic E-state index is 0.0206. The largest absolute Gasteiger partial charge is 0.477 e. The first-order valence-corrected chi connectivity index (χ1v) is 13.9. The number of carbonyl (C=O) groups excluding carboxylic acids is 4. The van der Waals surface area contributed by atoms with E-state index in [1.165, 1.54) is 35.4 Å². The number of carboxylic acids is 1. The Bertz CT molecular complexity index is 1470. The van der Waals surface area contributed by atoms with Crippen LogP contribution in [0, 0.1) is 10.1 Å². The van der Waals surface area contributed by atoms with E-state index in [-0.39, 0.29) is 28.8 Å². The molecule has 3 amide bonds. The number of thioether (sulfide) groups is 1. The molecule has 2 aromatic rings. The molecule has 3 N–H and O–H groups in total. The van der Waals surface area contributed by atoms with Gasteiger partial charge in [-0.3, -0.25) is 29.4 Å². The van der Waals surface area contributed by atoms with Crippen LogP contribution in [-0.4, -0.2) is 85.7 Å². The van der Waals surface area contributed by atoms with Crippen LogP contribution in [0.3, 0.4) is 0 Å². The third-order valence-electron chi connectivity index (χ3n) is 5.84. The van der Waals surface area contributed by atoms with Gasteiger partial charge in [-0.25, -0.2) is 14.6 Å². The number of aromatic nitrogens is 1. The van der Waals surface area contributed by atoms with Crippen molar-refractivity contribution in [2.45, 2.75) is 30.0 Å². The van der Waals surface area contributed by atoms with Crippen LogP contribution in [0.25, 0.3) is 0 Å². The maximum Gasteiger partial charge on any atom is 0.352 e. The van der Waals surface area contributed by atoms with Gasteiger partial charge in [-0.05, 0) is 25.0 Å². The molecule has 1 aromatic heterocycles. The highest BCUT2D eigenvalue weighted by atomic mass is 32.2. The van der Waals surface area contributed by atoms with E-state index in [0.717, 1.165) is 16.2 Å². The fourth-order valence-corrected chi connectivity index (χ4v) is 6.19. The number of rotatable bonds is 13. The summed E-state index contributed by atoms with van der Waals surface area (Å²) in [6.07, 6.45) is 2.12. The standard InChI is InChI=1S/C24H22N6O10S2/c1-2-39-17(32)9-40-28-18(15-10-41-24(26-15)25-11-31)20(33)27-19-21(34)29-16(23(35)36)8-14(42-22(19)29)7-12-3-5-13(6-4-12)30(37)38/h3-6,8,10-11,14,19,22H,2,7,9H2,1H3,(H,27,33)(H,35,36)(H,25,26,31)/t14?,19?,22-/m1/s1. The molecule has 1 saturated heterocycles. The number of carbonyl (C=O) groups is 5. The summed E-state index contributed by atoms with van der Waals surface area (Å²) in [6.45, 7) is 1.09. The van der Waals surface area contributed by atoms with Crippen LogP contribution in [0.1, 0.15) is 18.2 Å². The number of thiazole rings is 1. The van der Waals surface area contributed by atoms with Gasteiger partial charge in [0.1, 0.15) is 22.8 Å². The Morgan fingerprint density at radius 2 is 2.02 bits per heavy atom. The molecule has 0 saturated carbocycles. The Hall–Kier alpha value is -4.84. The number of aliphatic carboxylic acids is 1. The van der Waals surface area contributed by atoms with Crippen molar-refractivity contribution in [1.29, 1.82) is 0 Å². The normalized spacial score (nSPS) is 19.5. The number of nitrogens with one attached hydrogen (secondary N) is 2. The third kappa shape index (κ3) is 6.72. The van der Waals surface area contributed by atoms with Gasteiger partial charge in [0.05, 0.1) is 11.5 Å². The monoisotopic (exact) mass is 618 g/mol. The number of carboxylic acid groups (broad SMARTS) is 1. The van der Waals surface area contributed by atoms with E-state index < -0.39 is 57.7 Å². The lowest BCUT2D eigenvalue weighted by Gasteiger charge is -2.49. The number of benzene rings is 1. The Morgan fingerprint density at radius 1 is 1.29 bits per heavy atom. The molecule has 0 radical (unpaired) electrons. The van der Waals surface area contributed by atoms with Crippen molar-refractivity contribution in [3.05, 3.63) is 62.8 Å². The van der Waals surface area contributed by atoms with Gasteiger partial charge in [0, 0.05) is 22.8 Å². The van der Waals surface area contributed by atoms with Crippen molar-refractivity contribution >= 4 is 69.8 Å². The smallest absolute Gasteiger partial charge is 0.352 e. The summed E-state index contributed by atoms with van der Waals surface area (Å²) >= 11 is 2.21. The highest BCUT2D eigenvalue weighted by Crippen LogP contribution is 2.42. The third-order valence-corrected chi connectivity index (χ3v) is 8.03. The van der Waals surface area contributed by atoms with Gasteiger partial charge in [0.15, 0.2) is 10.8 Å². The number of amides is 3. The molecule has 3 heterocycles. The van der Waals surface area contributed by atoms with Crippen LogP contribution in [0.4, 0.5) is 10.8 Å². The van der Waals surface area contributed by atoms with Gasteiger partial charge in [-0.2, -0.15) is 0 Å².